The number of anilines is 1. The largest absolute Gasteiger partial charge is 0.348 e. The first-order chi connectivity index (χ1) is 8.23. The molecule has 0 unspecified atom stereocenters. The number of rotatable bonds is 4. The van der Waals surface area contributed by atoms with Crippen LogP contribution in [0.15, 0.2) is 6.20 Å². The van der Waals surface area contributed by atoms with E-state index in [4.69, 9.17) is 5.73 Å². The van der Waals surface area contributed by atoms with E-state index in [1.165, 1.54) is 30.6 Å². The van der Waals surface area contributed by atoms with Crippen molar-refractivity contribution in [1.29, 1.82) is 0 Å². The lowest BCUT2D eigenvalue weighted by Gasteiger charge is -2.40. The van der Waals surface area contributed by atoms with Gasteiger partial charge in [-0.25, -0.2) is 4.98 Å². The van der Waals surface area contributed by atoms with E-state index in [0.29, 0.717) is 12.0 Å². The maximum absolute atomic E-state index is 5.63. The molecule has 0 spiro atoms. The highest BCUT2D eigenvalue weighted by atomic mass is 32.1. The van der Waals surface area contributed by atoms with Crippen LogP contribution in [-0.2, 0) is 6.54 Å². The SMILES string of the molecule is CCC1(CC)CCN(c2ncc(CN)s2)CC1. The molecule has 0 radical (unpaired) electrons. The van der Waals surface area contributed by atoms with Gasteiger partial charge in [-0.05, 0) is 18.3 Å². The average molecular weight is 253 g/mol. The average Bonchev–Trinajstić information content (AvgIpc) is 2.87. The van der Waals surface area contributed by atoms with E-state index in [2.05, 4.69) is 23.7 Å². The van der Waals surface area contributed by atoms with Crippen LogP contribution in [-0.4, -0.2) is 18.1 Å². The van der Waals surface area contributed by atoms with Gasteiger partial charge in [0.25, 0.3) is 0 Å². The zero-order valence-corrected chi connectivity index (χ0v) is 11.7. The Morgan fingerprint density at radius 2 is 2.00 bits per heavy atom. The normalized spacial score (nSPS) is 19.6. The van der Waals surface area contributed by atoms with Crippen LogP contribution in [0.1, 0.15) is 44.4 Å². The Bertz CT molecular complexity index is 347. The monoisotopic (exact) mass is 253 g/mol. The lowest BCUT2D eigenvalue weighted by molar-refractivity contribution is 0.199. The van der Waals surface area contributed by atoms with Crippen molar-refractivity contribution in [3.8, 4) is 0 Å². The van der Waals surface area contributed by atoms with Gasteiger partial charge in [-0.15, -0.1) is 11.3 Å². The van der Waals surface area contributed by atoms with Crippen LogP contribution < -0.4 is 10.6 Å². The van der Waals surface area contributed by atoms with Gasteiger partial charge in [0.1, 0.15) is 0 Å². The van der Waals surface area contributed by atoms with Crippen LogP contribution in [0.4, 0.5) is 5.13 Å². The quantitative estimate of drug-likeness (QED) is 0.897. The van der Waals surface area contributed by atoms with Gasteiger partial charge in [-0.1, -0.05) is 26.7 Å². The minimum atomic E-state index is 0.588. The number of hydrogen-bond acceptors (Lipinski definition) is 4. The number of hydrogen-bond donors (Lipinski definition) is 1. The molecular weight excluding hydrogens is 230 g/mol. The molecule has 0 aliphatic carbocycles. The molecule has 96 valence electrons. The molecule has 1 aromatic rings. The Morgan fingerprint density at radius 3 is 2.47 bits per heavy atom. The molecule has 2 N–H and O–H groups in total. The van der Waals surface area contributed by atoms with E-state index in [1.54, 1.807) is 11.3 Å². The summed E-state index contributed by atoms with van der Waals surface area (Å²) in [6.45, 7) is 7.57. The highest BCUT2D eigenvalue weighted by molar-refractivity contribution is 7.15. The highest BCUT2D eigenvalue weighted by Crippen LogP contribution is 2.39. The van der Waals surface area contributed by atoms with E-state index < -0.39 is 0 Å². The van der Waals surface area contributed by atoms with Crippen molar-refractivity contribution in [1.82, 2.24) is 4.98 Å². The number of nitrogens with two attached hydrogens (primary N) is 1. The fourth-order valence-electron chi connectivity index (χ4n) is 2.67. The summed E-state index contributed by atoms with van der Waals surface area (Å²) in [5.41, 5.74) is 6.22. The van der Waals surface area contributed by atoms with Crippen LogP contribution in [0.3, 0.4) is 0 Å². The van der Waals surface area contributed by atoms with E-state index >= 15 is 0 Å². The summed E-state index contributed by atoms with van der Waals surface area (Å²) in [6.07, 6.45) is 7.14. The second kappa shape index (κ2) is 5.36. The maximum Gasteiger partial charge on any atom is 0.185 e. The van der Waals surface area contributed by atoms with Crippen molar-refractivity contribution in [3.63, 3.8) is 0 Å². The Labute approximate surface area is 108 Å². The van der Waals surface area contributed by atoms with Gasteiger partial charge < -0.3 is 10.6 Å². The number of nitrogens with zero attached hydrogens (tertiary/aromatic N) is 2. The molecule has 1 saturated heterocycles. The van der Waals surface area contributed by atoms with Gasteiger partial charge in [-0.2, -0.15) is 0 Å². The third kappa shape index (κ3) is 2.63. The zero-order valence-electron chi connectivity index (χ0n) is 10.9. The van der Waals surface area contributed by atoms with Crippen molar-refractivity contribution >= 4 is 16.5 Å². The summed E-state index contributed by atoms with van der Waals surface area (Å²) < 4.78 is 0. The summed E-state index contributed by atoms with van der Waals surface area (Å²) in [7, 11) is 0. The fraction of sp³-hybridized carbons (Fsp3) is 0.769. The molecule has 2 rings (SSSR count). The van der Waals surface area contributed by atoms with Crippen molar-refractivity contribution in [2.75, 3.05) is 18.0 Å². The molecule has 1 aliphatic heterocycles. The molecule has 1 aliphatic rings. The molecule has 4 heteroatoms. The molecule has 1 aromatic heterocycles. The molecule has 0 atom stereocenters. The van der Waals surface area contributed by atoms with Gasteiger partial charge in [0.15, 0.2) is 5.13 Å². The van der Waals surface area contributed by atoms with Gasteiger partial charge >= 0.3 is 0 Å². The first-order valence-corrected chi connectivity index (χ1v) is 7.44. The summed E-state index contributed by atoms with van der Waals surface area (Å²) in [5, 5.41) is 1.16. The van der Waals surface area contributed by atoms with Gasteiger partial charge in [0.2, 0.25) is 0 Å². The third-order valence-corrected chi connectivity index (χ3v) is 5.42. The Morgan fingerprint density at radius 1 is 1.35 bits per heavy atom. The topological polar surface area (TPSA) is 42.2 Å². The minimum absolute atomic E-state index is 0.588. The van der Waals surface area contributed by atoms with Crippen LogP contribution in [0.25, 0.3) is 0 Å². The highest BCUT2D eigenvalue weighted by Gasteiger charge is 2.31. The van der Waals surface area contributed by atoms with Gasteiger partial charge in [0, 0.05) is 30.7 Å². The maximum atomic E-state index is 5.63. The summed E-state index contributed by atoms with van der Waals surface area (Å²) in [6, 6.07) is 0. The molecule has 17 heavy (non-hydrogen) atoms. The Hall–Kier alpha value is -0.610. The van der Waals surface area contributed by atoms with Crippen molar-refractivity contribution in [3.05, 3.63) is 11.1 Å². The molecule has 3 nitrogen and oxygen atoms in total. The molecule has 1 fully saturated rings. The summed E-state index contributed by atoms with van der Waals surface area (Å²) >= 11 is 1.74. The molecular formula is C13H23N3S. The van der Waals surface area contributed by atoms with Crippen molar-refractivity contribution in [2.45, 2.75) is 46.1 Å². The summed E-state index contributed by atoms with van der Waals surface area (Å²) in [5.74, 6) is 0. The van der Waals surface area contributed by atoms with Crippen LogP contribution in [0.5, 0.6) is 0 Å². The predicted molar refractivity (Wildman–Crippen MR) is 74.5 cm³/mol. The van der Waals surface area contributed by atoms with Gasteiger partial charge in [-0.3, -0.25) is 0 Å². The van der Waals surface area contributed by atoms with E-state index in [-0.39, 0.29) is 0 Å². The van der Waals surface area contributed by atoms with E-state index in [9.17, 15) is 0 Å². The van der Waals surface area contributed by atoms with E-state index in [0.717, 1.165) is 18.2 Å². The lowest BCUT2D eigenvalue weighted by Crippen LogP contribution is -2.39. The molecule has 0 saturated carbocycles. The molecule has 0 amide bonds. The molecule has 0 aromatic carbocycles. The summed E-state index contributed by atoms with van der Waals surface area (Å²) in [4.78, 5) is 8.08. The number of piperidine rings is 1. The molecule has 2 heterocycles. The Balaban J connectivity index is 1.99. The first kappa shape index (κ1) is 12.8. The first-order valence-electron chi connectivity index (χ1n) is 6.63. The fourth-order valence-corrected chi connectivity index (χ4v) is 3.51. The smallest absolute Gasteiger partial charge is 0.185 e. The third-order valence-electron chi connectivity index (χ3n) is 4.34. The van der Waals surface area contributed by atoms with Crippen molar-refractivity contribution < 1.29 is 0 Å². The standard InChI is InChI=1S/C13H23N3S/c1-3-13(4-2)5-7-16(8-6-13)12-15-10-11(9-14)17-12/h10H,3-9,14H2,1-2H3. The second-order valence-corrected chi connectivity index (χ2v) is 6.10. The van der Waals surface area contributed by atoms with Crippen molar-refractivity contribution in [2.24, 2.45) is 11.1 Å². The minimum Gasteiger partial charge on any atom is -0.348 e. The molecule has 0 bridgehead atoms. The number of aromatic nitrogens is 1. The van der Waals surface area contributed by atoms with Crippen LogP contribution >= 0.6 is 11.3 Å². The lowest BCUT2D eigenvalue weighted by atomic mass is 9.74. The number of thiazole rings is 1. The van der Waals surface area contributed by atoms with Crippen LogP contribution in [0.2, 0.25) is 0 Å². The van der Waals surface area contributed by atoms with E-state index in [1.807, 2.05) is 6.20 Å². The second-order valence-electron chi connectivity index (χ2n) is 5.01. The van der Waals surface area contributed by atoms with Gasteiger partial charge in [0.05, 0.1) is 0 Å². The Kier molecular flexibility index (Phi) is 4.05. The predicted octanol–water partition coefficient (Wildman–Crippen LogP) is 3.01. The van der Waals surface area contributed by atoms with Crippen LogP contribution in [0, 0.1) is 5.41 Å². The zero-order chi connectivity index (χ0) is 12.3.